The molecule has 2 N–H and O–H groups in total. The van der Waals surface area contributed by atoms with Crippen LogP contribution in [0.4, 0.5) is 0 Å². The summed E-state index contributed by atoms with van der Waals surface area (Å²) in [5.41, 5.74) is 0.234. The van der Waals surface area contributed by atoms with E-state index in [2.05, 4.69) is 10.3 Å². The minimum absolute atomic E-state index is 0.0776. The molecule has 1 amide bonds. The third-order valence-corrected chi connectivity index (χ3v) is 3.02. The molecule has 1 aromatic heterocycles. The van der Waals surface area contributed by atoms with Crippen LogP contribution in [0.1, 0.15) is 40.1 Å². The van der Waals surface area contributed by atoms with Gasteiger partial charge in [0.05, 0.1) is 5.56 Å². The SMILES string of the molecule is O=C(O)c1ccnc(C(=O)NCC2CCC2)c1. The van der Waals surface area contributed by atoms with Crippen LogP contribution in [0.2, 0.25) is 0 Å². The van der Waals surface area contributed by atoms with Crippen molar-refractivity contribution in [2.45, 2.75) is 19.3 Å². The highest BCUT2D eigenvalue weighted by Crippen LogP contribution is 2.25. The fourth-order valence-electron chi connectivity index (χ4n) is 1.71. The van der Waals surface area contributed by atoms with Crippen molar-refractivity contribution in [3.8, 4) is 0 Å². The van der Waals surface area contributed by atoms with E-state index in [1.54, 1.807) is 0 Å². The lowest BCUT2D eigenvalue weighted by atomic mass is 9.85. The van der Waals surface area contributed by atoms with E-state index in [-0.39, 0.29) is 17.2 Å². The van der Waals surface area contributed by atoms with Gasteiger partial charge < -0.3 is 10.4 Å². The first-order valence-corrected chi connectivity index (χ1v) is 5.64. The van der Waals surface area contributed by atoms with E-state index in [9.17, 15) is 9.59 Å². The fourth-order valence-corrected chi connectivity index (χ4v) is 1.71. The normalized spacial score (nSPS) is 15.1. The number of amides is 1. The quantitative estimate of drug-likeness (QED) is 0.823. The van der Waals surface area contributed by atoms with Crippen LogP contribution in [-0.4, -0.2) is 28.5 Å². The van der Waals surface area contributed by atoms with Gasteiger partial charge in [-0.15, -0.1) is 0 Å². The molecule has 0 radical (unpaired) electrons. The van der Waals surface area contributed by atoms with Crippen molar-refractivity contribution in [2.24, 2.45) is 5.92 Å². The number of hydrogen-bond acceptors (Lipinski definition) is 3. The Kier molecular flexibility index (Phi) is 3.37. The molecule has 1 heterocycles. The van der Waals surface area contributed by atoms with Crippen molar-refractivity contribution in [1.82, 2.24) is 10.3 Å². The molecule has 0 aromatic carbocycles. The number of carboxylic acid groups (broad SMARTS) is 1. The monoisotopic (exact) mass is 234 g/mol. The molecule has 0 bridgehead atoms. The molecule has 5 heteroatoms. The zero-order valence-corrected chi connectivity index (χ0v) is 9.35. The van der Waals surface area contributed by atoms with E-state index in [1.165, 1.54) is 24.8 Å². The maximum absolute atomic E-state index is 11.7. The molecular formula is C12H14N2O3. The van der Waals surface area contributed by atoms with Gasteiger partial charge in [0.15, 0.2) is 0 Å². The highest BCUT2D eigenvalue weighted by Gasteiger charge is 2.18. The number of aromatic carboxylic acids is 1. The van der Waals surface area contributed by atoms with Gasteiger partial charge >= 0.3 is 5.97 Å². The van der Waals surface area contributed by atoms with Crippen LogP contribution in [0.15, 0.2) is 18.3 Å². The number of hydrogen-bond donors (Lipinski definition) is 2. The van der Waals surface area contributed by atoms with Crippen LogP contribution in [0.3, 0.4) is 0 Å². The van der Waals surface area contributed by atoms with Crippen LogP contribution in [-0.2, 0) is 0 Å². The summed E-state index contributed by atoms with van der Waals surface area (Å²) in [5.74, 6) is -0.790. The predicted molar refractivity (Wildman–Crippen MR) is 60.9 cm³/mol. The van der Waals surface area contributed by atoms with Gasteiger partial charge in [-0.05, 0) is 30.9 Å². The highest BCUT2D eigenvalue weighted by molar-refractivity contribution is 5.95. The van der Waals surface area contributed by atoms with Gasteiger partial charge in [0.2, 0.25) is 0 Å². The summed E-state index contributed by atoms with van der Waals surface area (Å²) in [6.07, 6.45) is 4.88. The average Bonchev–Trinajstić information content (AvgIpc) is 2.27. The van der Waals surface area contributed by atoms with Gasteiger partial charge in [0, 0.05) is 12.7 Å². The molecule has 1 saturated carbocycles. The van der Waals surface area contributed by atoms with Crippen LogP contribution in [0.5, 0.6) is 0 Å². The molecule has 1 aliphatic carbocycles. The lowest BCUT2D eigenvalue weighted by Crippen LogP contribution is -2.32. The van der Waals surface area contributed by atoms with E-state index in [1.807, 2.05) is 0 Å². The Hall–Kier alpha value is -1.91. The zero-order valence-electron chi connectivity index (χ0n) is 9.35. The highest BCUT2D eigenvalue weighted by atomic mass is 16.4. The molecule has 0 saturated heterocycles. The van der Waals surface area contributed by atoms with Crippen molar-refractivity contribution in [2.75, 3.05) is 6.54 Å². The van der Waals surface area contributed by atoms with Crippen molar-refractivity contribution in [3.63, 3.8) is 0 Å². The summed E-state index contributed by atoms with van der Waals surface area (Å²) in [5, 5.41) is 11.6. The van der Waals surface area contributed by atoms with Gasteiger partial charge in [-0.2, -0.15) is 0 Å². The summed E-state index contributed by atoms with van der Waals surface area (Å²) in [4.78, 5) is 26.3. The maximum Gasteiger partial charge on any atom is 0.335 e. The Morgan fingerprint density at radius 1 is 1.47 bits per heavy atom. The van der Waals surface area contributed by atoms with Crippen molar-refractivity contribution >= 4 is 11.9 Å². The standard InChI is InChI=1S/C12H14N2O3/c15-11(14-7-8-2-1-3-8)10-6-9(12(16)17)4-5-13-10/h4-6,8H,1-3,7H2,(H,14,15)(H,16,17). The van der Waals surface area contributed by atoms with Crippen molar-refractivity contribution in [1.29, 1.82) is 0 Å². The zero-order chi connectivity index (χ0) is 12.3. The van der Waals surface area contributed by atoms with E-state index < -0.39 is 5.97 Å². The molecule has 5 nitrogen and oxygen atoms in total. The number of carboxylic acids is 1. The predicted octanol–water partition coefficient (Wildman–Crippen LogP) is 1.31. The number of nitrogens with zero attached hydrogens (tertiary/aromatic N) is 1. The molecule has 0 aliphatic heterocycles. The summed E-state index contributed by atoms with van der Waals surface area (Å²) in [6.45, 7) is 0.651. The Balaban J connectivity index is 1.97. The van der Waals surface area contributed by atoms with Crippen LogP contribution < -0.4 is 5.32 Å². The van der Waals surface area contributed by atoms with Gasteiger partial charge in [0.1, 0.15) is 5.69 Å². The number of pyridine rings is 1. The third-order valence-electron chi connectivity index (χ3n) is 3.02. The first kappa shape index (κ1) is 11.6. The Bertz CT molecular complexity index is 441. The lowest BCUT2D eigenvalue weighted by Gasteiger charge is -2.25. The first-order valence-electron chi connectivity index (χ1n) is 5.64. The van der Waals surface area contributed by atoms with Gasteiger partial charge in [-0.25, -0.2) is 4.79 Å². The summed E-state index contributed by atoms with van der Waals surface area (Å²) in [6, 6.07) is 2.66. The molecule has 90 valence electrons. The van der Waals surface area contributed by atoms with Crippen molar-refractivity contribution in [3.05, 3.63) is 29.6 Å². The minimum atomic E-state index is -1.06. The first-order chi connectivity index (χ1) is 8.16. The molecule has 17 heavy (non-hydrogen) atoms. The van der Waals surface area contributed by atoms with E-state index in [4.69, 9.17) is 5.11 Å². The molecule has 1 aromatic rings. The number of carbonyl (C=O) groups excluding carboxylic acids is 1. The van der Waals surface area contributed by atoms with Crippen LogP contribution in [0, 0.1) is 5.92 Å². The number of aromatic nitrogens is 1. The summed E-state index contributed by atoms with van der Waals surface area (Å²) in [7, 11) is 0. The Morgan fingerprint density at radius 2 is 2.24 bits per heavy atom. The summed E-state index contributed by atoms with van der Waals surface area (Å²) < 4.78 is 0. The Morgan fingerprint density at radius 3 is 2.82 bits per heavy atom. The molecule has 1 fully saturated rings. The van der Waals surface area contributed by atoms with Crippen LogP contribution >= 0.6 is 0 Å². The lowest BCUT2D eigenvalue weighted by molar-refractivity contribution is 0.0696. The number of nitrogens with one attached hydrogen (secondary N) is 1. The van der Waals surface area contributed by atoms with Crippen molar-refractivity contribution < 1.29 is 14.7 Å². The third kappa shape index (κ3) is 2.81. The van der Waals surface area contributed by atoms with E-state index in [0.717, 1.165) is 12.8 Å². The largest absolute Gasteiger partial charge is 0.478 e. The second-order valence-corrected chi connectivity index (χ2v) is 4.24. The molecular weight excluding hydrogens is 220 g/mol. The van der Waals surface area contributed by atoms with E-state index >= 15 is 0 Å². The molecule has 2 rings (SSSR count). The van der Waals surface area contributed by atoms with Gasteiger partial charge in [-0.3, -0.25) is 9.78 Å². The van der Waals surface area contributed by atoms with E-state index in [0.29, 0.717) is 12.5 Å². The number of carbonyl (C=O) groups is 2. The molecule has 0 spiro atoms. The molecule has 0 unspecified atom stereocenters. The second-order valence-electron chi connectivity index (χ2n) is 4.24. The minimum Gasteiger partial charge on any atom is -0.478 e. The number of rotatable bonds is 4. The van der Waals surface area contributed by atoms with Gasteiger partial charge in [0.25, 0.3) is 5.91 Å². The fraction of sp³-hybridized carbons (Fsp3) is 0.417. The molecule has 1 aliphatic rings. The van der Waals surface area contributed by atoms with Gasteiger partial charge in [-0.1, -0.05) is 6.42 Å². The summed E-state index contributed by atoms with van der Waals surface area (Å²) >= 11 is 0. The topological polar surface area (TPSA) is 79.3 Å². The average molecular weight is 234 g/mol. The molecule has 0 atom stereocenters. The van der Waals surface area contributed by atoms with Crippen LogP contribution in [0.25, 0.3) is 0 Å². The Labute approximate surface area is 98.9 Å². The second kappa shape index (κ2) is 4.95. The smallest absolute Gasteiger partial charge is 0.335 e. The maximum atomic E-state index is 11.7.